The SMILES string of the molecule is O=C(c1cccnc1)C1CCCN(C(=O)c2cc(C(F)(F)F)nn2-c2ccccc2Cl)C1. The smallest absolute Gasteiger partial charge is 0.337 e. The van der Waals surface area contributed by atoms with Crippen LogP contribution in [0.3, 0.4) is 0 Å². The van der Waals surface area contributed by atoms with Crippen molar-refractivity contribution in [2.75, 3.05) is 13.1 Å². The first kappa shape index (κ1) is 22.0. The average Bonchev–Trinajstić information content (AvgIpc) is 3.25. The number of piperidine rings is 1. The minimum absolute atomic E-state index is 0.0988. The van der Waals surface area contributed by atoms with Gasteiger partial charge in [-0.2, -0.15) is 18.3 Å². The number of benzene rings is 1. The highest BCUT2D eigenvalue weighted by atomic mass is 35.5. The Morgan fingerprint density at radius 1 is 1.12 bits per heavy atom. The molecule has 0 N–H and O–H groups in total. The van der Waals surface area contributed by atoms with Gasteiger partial charge in [0.1, 0.15) is 5.69 Å². The summed E-state index contributed by atoms with van der Waals surface area (Å²) in [5, 5.41) is 3.77. The van der Waals surface area contributed by atoms with Crippen molar-refractivity contribution in [3.63, 3.8) is 0 Å². The molecule has 1 unspecified atom stereocenters. The van der Waals surface area contributed by atoms with E-state index < -0.39 is 23.7 Å². The Bertz CT molecular complexity index is 1150. The molecule has 2 aromatic heterocycles. The lowest BCUT2D eigenvalue weighted by molar-refractivity contribution is -0.141. The van der Waals surface area contributed by atoms with Crippen LogP contribution in [0, 0.1) is 5.92 Å². The maximum absolute atomic E-state index is 13.4. The van der Waals surface area contributed by atoms with Gasteiger partial charge in [0.15, 0.2) is 11.5 Å². The normalized spacial score (nSPS) is 16.8. The van der Waals surface area contributed by atoms with Crippen LogP contribution in [0.15, 0.2) is 54.9 Å². The van der Waals surface area contributed by atoms with Crippen molar-refractivity contribution >= 4 is 23.3 Å². The fourth-order valence-corrected chi connectivity index (χ4v) is 3.98. The molecule has 4 rings (SSSR count). The molecule has 6 nitrogen and oxygen atoms in total. The zero-order valence-electron chi connectivity index (χ0n) is 16.7. The molecule has 1 aromatic carbocycles. The van der Waals surface area contributed by atoms with Crippen molar-refractivity contribution < 1.29 is 22.8 Å². The van der Waals surface area contributed by atoms with Crippen molar-refractivity contribution in [2.45, 2.75) is 19.0 Å². The summed E-state index contributed by atoms with van der Waals surface area (Å²) in [4.78, 5) is 31.4. The first-order valence-electron chi connectivity index (χ1n) is 9.91. The van der Waals surface area contributed by atoms with Crippen LogP contribution < -0.4 is 0 Å². The van der Waals surface area contributed by atoms with Crippen LogP contribution in [0.5, 0.6) is 0 Å². The zero-order chi connectivity index (χ0) is 22.9. The molecule has 0 spiro atoms. The Kier molecular flexibility index (Phi) is 6.01. The largest absolute Gasteiger partial charge is 0.435 e. The fourth-order valence-electron chi connectivity index (χ4n) is 3.76. The molecule has 0 radical (unpaired) electrons. The number of alkyl halides is 3. The molecule has 10 heteroatoms. The Hall–Kier alpha value is -3.20. The second kappa shape index (κ2) is 8.74. The van der Waals surface area contributed by atoms with Crippen LogP contribution in [0.1, 0.15) is 39.4 Å². The summed E-state index contributed by atoms with van der Waals surface area (Å²) in [6, 6.07) is 10.2. The lowest BCUT2D eigenvalue weighted by atomic mass is 9.90. The second-order valence-corrected chi connectivity index (χ2v) is 7.88. The van der Waals surface area contributed by atoms with Gasteiger partial charge in [0.05, 0.1) is 10.7 Å². The summed E-state index contributed by atoms with van der Waals surface area (Å²) in [6.07, 6.45) is -0.584. The van der Waals surface area contributed by atoms with Gasteiger partial charge < -0.3 is 4.90 Å². The number of hydrogen-bond donors (Lipinski definition) is 0. The maximum Gasteiger partial charge on any atom is 0.435 e. The molecule has 3 heterocycles. The van der Waals surface area contributed by atoms with E-state index in [1.54, 1.807) is 30.5 Å². The highest BCUT2D eigenvalue weighted by molar-refractivity contribution is 6.32. The third-order valence-electron chi connectivity index (χ3n) is 5.33. The summed E-state index contributed by atoms with van der Waals surface area (Å²) in [5.74, 6) is -1.25. The molecule has 1 fully saturated rings. The predicted octanol–water partition coefficient (Wildman–Crippen LogP) is 4.67. The van der Waals surface area contributed by atoms with Crippen molar-refractivity contribution in [2.24, 2.45) is 5.92 Å². The summed E-state index contributed by atoms with van der Waals surface area (Å²) in [5.41, 5.74) is -0.860. The highest BCUT2D eigenvalue weighted by Gasteiger charge is 2.38. The van der Waals surface area contributed by atoms with Gasteiger partial charge in [-0.3, -0.25) is 14.6 Å². The van der Waals surface area contributed by atoms with Gasteiger partial charge in [-0.15, -0.1) is 0 Å². The standard InChI is InChI=1S/C22H18ClF3N4O2/c23-16-7-1-2-8-17(16)30-18(11-19(28-30)22(24,25)26)21(32)29-10-4-6-15(13-29)20(31)14-5-3-9-27-12-14/h1-3,5,7-9,11-12,15H,4,6,10,13H2. The molecule has 0 saturated carbocycles. The Morgan fingerprint density at radius 3 is 2.59 bits per heavy atom. The number of aromatic nitrogens is 3. The van der Waals surface area contributed by atoms with Crippen LogP contribution in [0.25, 0.3) is 5.69 Å². The second-order valence-electron chi connectivity index (χ2n) is 7.47. The Balaban J connectivity index is 1.66. The van der Waals surface area contributed by atoms with Gasteiger partial charge in [-0.05, 0) is 37.1 Å². The van der Waals surface area contributed by atoms with Gasteiger partial charge in [-0.1, -0.05) is 23.7 Å². The first-order valence-corrected chi connectivity index (χ1v) is 10.3. The average molecular weight is 463 g/mol. The molecule has 1 amide bonds. The van der Waals surface area contributed by atoms with Gasteiger partial charge in [-0.25, -0.2) is 4.68 Å². The lowest BCUT2D eigenvalue weighted by Crippen LogP contribution is -2.43. The number of hydrogen-bond acceptors (Lipinski definition) is 4. The van der Waals surface area contributed by atoms with E-state index >= 15 is 0 Å². The van der Waals surface area contributed by atoms with Crippen LogP contribution in [-0.4, -0.2) is 44.4 Å². The number of rotatable bonds is 4. The van der Waals surface area contributed by atoms with E-state index in [2.05, 4.69) is 10.1 Å². The monoisotopic (exact) mass is 462 g/mol. The molecule has 1 saturated heterocycles. The van der Waals surface area contributed by atoms with Crippen LogP contribution in [0.4, 0.5) is 13.2 Å². The molecule has 1 aliphatic rings. The van der Waals surface area contributed by atoms with E-state index in [9.17, 15) is 22.8 Å². The van der Waals surface area contributed by atoms with E-state index in [1.165, 1.54) is 23.2 Å². The molecule has 1 aliphatic heterocycles. The molecular weight excluding hydrogens is 445 g/mol. The van der Waals surface area contributed by atoms with E-state index in [0.717, 1.165) is 10.7 Å². The molecule has 0 aliphatic carbocycles. The number of nitrogens with zero attached hydrogens (tertiary/aromatic N) is 4. The van der Waals surface area contributed by atoms with Crippen molar-refractivity contribution in [3.8, 4) is 5.69 Å². The first-order chi connectivity index (χ1) is 15.3. The van der Waals surface area contributed by atoms with Crippen molar-refractivity contribution in [3.05, 3.63) is 76.8 Å². The van der Waals surface area contributed by atoms with E-state index in [0.29, 0.717) is 24.9 Å². The maximum atomic E-state index is 13.4. The van der Waals surface area contributed by atoms with Crippen LogP contribution in [0.2, 0.25) is 5.02 Å². The van der Waals surface area contributed by atoms with E-state index in [4.69, 9.17) is 11.6 Å². The van der Waals surface area contributed by atoms with Crippen LogP contribution >= 0.6 is 11.6 Å². The topological polar surface area (TPSA) is 68.1 Å². The van der Waals surface area contributed by atoms with E-state index in [1.807, 2.05) is 0 Å². The zero-order valence-corrected chi connectivity index (χ0v) is 17.5. The molecule has 0 bridgehead atoms. The third kappa shape index (κ3) is 4.38. The summed E-state index contributed by atoms with van der Waals surface area (Å²) >= 11 is 6.16. The molecular formula is C22H18ClF3N4O2. The number of para-hydroxylation sites is 1. The van der Waals surface area contributed by atoms with Gasteiger partial charge in [0, 0.05) is 43.0 Å². The molecule has 3 aromatic rings. The highest BCUT2D eigenvalue weighted by Crippen LogP contribution is 2.32. The van der Waals surface area contributed by atoms with Crippen molar-refractivity contribution in [1.82, 2.24) is 19.7 Å². The molecule has 166 valence electrons. The minimum atomic E-state index is -4.73. The molecule has 1 atom stereocenters. The van der Waals surface area contributed by atoms with Crippen molar-refractivity contribution in [1.29, 1.82) is 0 Å². The third-order valence-corrected chi connectivity index (χ3v) is 5.64. The number of Topliss-reactive ketones (excluding diaryl/α,β-unsaturated/α-hetero) is 1. The fraction of sp³-hybridized carbons (Fsp3) is 0.273. The number of likely N-dealkylation sites (tertiary alicyclic amines) is 1. The number of amides is 1. The lowest BCUT2D eigenvalue weighted by Gasteiger charge is -2.32. The van der Waals surface area contributed by atoms with Gasteiger partial charge >= 0.3 is 6.18 Å². The van der Waals surface area contributed by atoms with E-state index in [-0.39, 0.29) is 28.7 Å². The van der Waals surface area contributed by atoms with Gasteiger partial charge in [0.25, 0.3) is 5.91 Å². The summed E-state index contributed by atoms with van der Waals surface area (Å²) < 4.78 is 41.0. The van der Waals surface area contributed by atoms with Gasteiger partial charge in [0.2, 0.25) is 0 Å². The summed E-state index contributed by atoms with van der Waals surface area (Å²) in [7, 11) is 0. The number of pyridine rings is 1. The minimum Gasteiger partial charge on any atom is -0.337 e. The number of carbonyl (C=O) groups is 2. The van der Waals surface area contributed by atoms with Crippen LogP contribution in [-0.2, 0) is 6.18 Å². The number of ketones is 1. The molecule has 32 heavy (non-hydrogen) atoms. The number of carbonyl (C=O) groups excluding carboxylic acids is 2. The Labute approximate surface area is 186 Å². The number of halogens is 4. The quantitative estimate of drug-likeness (QED) is 0.528. The summed E-state index contributed by atoms with van der Waals surface area (Å²) in [6.45, 7) is 0.423. The Morgan fingerprint density at radius 2 is 1.91 bits per heavy atom. The predicted molar refractivity (Wildman–Crippen MR) is 111 cm³/mol.